The van der Waals surface area contributed by atoms with Crippen molar-refractivity contribution in [1.29, 1.82) is 0 Å². The third kappa shape index (κ3) is 4.50. The van der Waals surface area contributed by atoms with Crippen LogP contribution in [0.5, 0.6) is 0 Å². The Kier molecular flexibility index (Phi) is 8.20. The SMILES string of the molecule is C1CC[N]([Ti+2][N]2CCCC2)C1.[Cl-].[Cl-]. The molecule has 0 bridgehead atoms. The largest absolute Gasteiger partial charge is 1.00 e. The van der Waals surface area contributed by atoms with E-state index < -0.39 is 0 Å². The Morgan fingerprint density at radius 1 is 0.615 bits per heavy atom. The summed E-state index contributed by atoms with van der Waals surface area (Å²) in [5.74, 6) is 0. The standard InChI is InChI=1S/2C4H8N.2ClH.Ti/c2*1-2-4-5-3-1;;;/h2*1-4H2;2*1H;/q2*-1;;;+4/p-2. The van der Waals surface area contributed by atoms with Gasteiger partial charge in [0.25, 0.3) is 0 Å². The molecule has 0 atom stereocenters. The summed E-state index contributed by atoms with van der Waals surface area (Å²) in [4.78, 5) is 0. The van der Waals surface area contributed by atoms with Gasteiger partial charge >= 0.3 is 78.3 Å². The van der Waals surface area contributed by atoms with Crippen molar-refractivity contribution in [2.24, 2.45) is 0 Å². The average molecular weight is 259 g/mol. The van der Waals surface area contributed by atoms with Crippen LogP contribution in [-0.2, 0) is 19.7 Å². The van der Waals surface area contributed by atoms with Gasteiger partial charge in [-0.3, -0.25) is 0 Å². The zero-order valence-electron chi connectivity index (χ0n) is 7.81. The topological polar surface area (TPSA) is 6.48 Å². The average Bonchev–Trinajstić information content (AvgIpc) is 2.60. The maximum absolute atomic E-state index is 2.71. The van der Waals surface area contributed by atoms with Gasteiger partial charge in [-0.25, -0.2) is 0 Å². The molecule has 5 heteroatoms. The van der Waals surface area contributed by atoms with E-state index in [-0.39, 0.29) is 44.5 Å². The Labute approximate surface area is 103 Å². The Morgan fingerprint density at radius 3 is 1.23 bits per heavy atom. The Balaban J connectivity index is 0.000000720. The molecule has 2 aliphatic heterocycles. The van der Waals surface area contributed by atoms with E-state index in [0.717, 1.165) is 0 Å². The molecule has 13 heavy (non-hydrogen) atoms. The Hall–Kier alpha value is 1.21. The molecule has 0 N–H and O–H groups in total. The van der Waals surface area contributed by atoms with Gasteiger partial charge < -0.3 is 24.8 Å². The van der Waals surface area contributed by atoms with Crippen LogP contribution in [0.1, 0.15) is 25.7 Å². The third-order valence-corrected chi connectivity index (χ3v) is 4.78. The second-order valence-corrected chi connectivity index (χ2v) is 5.78. The van der Waals surface area contributed by atoms with Gasteiger partial charge in [-0.2, -0.15) is 0 Å². The van der Waals surface area contributed by atoms with Crippen LogP contribution in [0.3, 0.4) is 0 Å². The van der Waals surface area contributed by atoms with Crippen LogP contribution in [0.15, 0.2) is 0 Å². The summed E-state index contributed by atoms with van der Waals surface area (Å²) in [6, 6.07) is 0. The molecule has 0 aromatic carbocycles. The zero-order valence-corrected chi connectivity index (χ0v) is 10.9. The van der Waals surface area contributed by atoms with Crippen LogP contribution in [0, 0.1) is 0 Å². The van der Waals surface area contributed by atoms with Gasteiger partial charge in [0.05, 0.1) is 0 Å². The molecule has 0 aromatic rings. The van der Waals surface area contributed by atoms with Crippen molar-refractivity contribution >= 4 is 0 Å². The van der Waals surface area contributed by atoms with Crippen molar-refractivity contribution in [3.8, 4) is 0 Å². The van der Waals surface area contributed by atoms with E-state index >= 15 is 0 Å². The molecule has 2 rings (SSSR count). The molecule has 2 aliphatic rings. The molecule has 0 aliphatic carbocycles. The molecular formula is C8H16Cl2N2Ti. The molecule has 2 heterocycles. The van der Waals surface area contributed by atoms with Crippen molar-refractivity contribution in [2.45, 2.75) is 25.7 Å². The third-order valence-electron chi connectivity index (χ3n) is 2.49. The van der Waals surface area contributed by atoms with E-state index in [2.05, 4.69) is 6.76 Å². The van der Waals surface area contributed by atoms with Crippen LogP contribution in [-0.4, -0.2) is 32.9 Å². The molecule has 2 fully saturated rings. The van der Waals surface area contributed by atoms with Crippen LogP contribution < -0.4 is 24.8 Å². The molecule has 2 saturated heterocycles. The van der Waals surface area contributed by atoms with Crippen molar-refractivity contribution in [2.75, 3.05) is 26.2 Å². The van der Waals surface area contributed by atoms with Crippen molar-refractivity contribution in [3.05, 3.63) is 0 Å². The minimum atomic E-state index is 0. The van der Waals surface area contributed by atoms with Gasteiger partial charge in [-0.1, -0.05) is 0 Å². The summed E-state index contributed by atoms with van der Waals surface area (Å²) in [6.45, 7) is 5.60. The maximum atomic E-state index is 2.71. The van der Waals surface area contributed by atoms with E-state index in [1.54, 1.807) is 0 Å². The fraction of sp³-hybridized carbons (Fsp3) is 1.00. The van der Waals surface area contributed by atoms with Crippen LogP contribution in [0.2, 0.25) is 0 Å². The molecule has 76 valence electrons. The zero-order chi connectivity index (χ0) is 7.52. The van der Waals surface area contributed by atoms with Crippen molar-refractivity contribution in [3.63, 3.8) is 0 Å². The van der Waals surface area contributed by atoms with E-state index in [9.17, 15) is 0 Å². The summed E-state index contributed by atoms with van der Waals surface area (Å²) in [5, 5.41) is 0. The summed E-state index contributed by atoms with van der Waals surface area (Å²) < 4.78 is 5.43. The summed E-state index contributed by atoms with van der Waals surface area (Å²) >= 11 is 0.153. The monoisotopic (exact) mass is 258 g/mol. The summed E-state index contributed by atoms with van der Waals surface area (Å²) in [6.07, 6.45) is 5.82. The van der Waals surface area contributed by atoms with Crippen LogP contribution >= 0.6 is 0 Å². The Bertz CT molecular complexity index is 111. The van der Waals surface area contributed by atoms with Gasteiger partial charge in [0, 0.05) is 0 Å². The number of hydrogen-bond donors (Lipinski definition) is 0. The first-order chi connectivity index (χ1) is 5.45. The van der Waals surface area contributed by atoms with Gasteiger partial charge in [-0.05, 0) is 0 Å². The smallest absolute Gasteiger partial charge is 1.00 e. The van der Waals surface area contributed by atoms with Crippen molar-refractivity contribution < 1.29 is 44.5 Å². The first kappa shape index (κ1) is 14.2. The summed E-state index contributed by atoms with van der Waals surface area (Å²) in [7, 11) is 0. The predicted molar refractivity (Wildman–Crippen MR) is 41.6 cm³/mol. The second kappa shape index (κ2) is 7.50. The number of halogens is 2. The van der Waals surface area contributed by atoms with Crippen molar-refractivity contribution in [1.82, 2.24) is 6.76 Å². The molecule has 0 amide bonds. The minimum Gasteiger partial charge on any atom is -1.00 e. The molecule has 0 unspecified atom stereocenters. The Morgan fingerprint density at radius 2 is 0.923 bits per heavy atom. The predicted octanol–water partition coefficient (Wildman–Crippen LogP) is -4.90. The number of nitrogens with zero attached hydrogens (tertiary/aromatic N) is 2. The van der Waals surface area contributed by atoms with Gasteiger partial charge in [-0.15, -0.1) is 0 Å². The van der Waals surface area contributed by atoms with Gasteiger partial charge in [0.2, 0.25) is 0 Å². The van der Waals surface area contributed by atoms with Gasteiger partial charge in [0.1, 0.15) is 0 Å². The number of hydrogen-bond acceptors (Lipinski definition) is 2. The van der Waals surface area contributed by atoms with E-state index in [0.29, 0.717) is 0 Å². The van der Waals surface area contributed by atoms with E-state index in [1.807, 2.05) is 0 Å². The summed E-state index contributed by atoms with van der Waals surface area (Å²) in [5.41, 5.74) is 0. The molecule has 0 radical (unpaired) electrons. The first-order valence-corrected chi connectivity index (χ1v) is 6.11. The van der Waals surface area contributed by atoms with Gasteiger partial charge in [0.15, 0.2) is 0 Å². The fourth-order valence-corrected chi connectivity index (χ4v) is 4.07. The molecule has 0 spiro atoms. The van der Waals surface area contributed by atoms with E-state index in [4.69, 9.17) is 0 Å². The fourth-order valence-electron chi connectivity index (χ4n) is 1.83. The number of rotatable bonds is 2. The molecule has 2 nitrogen and oxygen atoms in total. The molecular weight excluding hydrogens is 243 g/mol. The molecule has 0 aromatic heterocycles. The van der Waals surface area contributed by atoms with Crippen LogP contribution in [0.4, 0.5) is 0 Å². The second-order valence-electron chi connectivity index (χ2n) is 3.49. The first-order valence-electron chi connectivity index (χ1n) is 4.71. The normalized spacial score (nSPS) is 23.4. The quantitative estimate of drug-likeness (QED) is 0.459. The minimum absolute atomic E-state index is 0. The molecule has 0 saturated carbocycles. The maximum Gasteiger partial charge on any atom is -1.00 e. The van der Waals surface area contributed by atoms with E-state index in [1.165, 1.54) is 51.9 Å². The van der Waals surface area contributed by atoms with Crippen LogP contribution in [0.25, 0.3) is 0 Å².